The van der Waals surface area contributed by atoms with Gasteiger partial charge in [0.05, 0.1) is 17.2 Å². The van der Waals surface area contributed by atoms with Crippen LogP contribution in [0.3, 0.4) is 0 Å². The van der Waals surface area contributed by atoms with Crippen LogP contribution in [0.1, 0.15) is 16.1 Å². The molecule has 3 heterocycles. The minimum atomic E-state index is -0.0246. The van der Waals surface area contributed by atoms with Crippen LogP contribution in [0, 0.1) is 0 Å². The predicted molar refractivity (Wildman–Crippen MR) is 95.0 cm³/mol. The van der Waals surface area contributed by atoms with E-state index >= 15 is 0 Å². The van der Waals surface area contributed by atoms with E-state index in [1.807, 2.05) is 29.2 Å². The van der Waals surface area contributed by atoms with Crippen molar-refractivity contribution in [3.8, 4) is 0 Å². The highest BCUT2D eigenvalue weighted by molar-refractivity contribution is 7.07. The number of aromatic nitrogens is 2. The van der Waals surface area contributed by atoms with Gasteiger partial charge in [0.1, 0.15) is 5.69 Å². The number of thiophene rings is 1. The van der Waals surface area contributed by atoms with Crippen LogP contribution < -0.4 is 0 Å². The first kappa shape index (κ1) is 15.2. The Hall–Kier alpha value is -2.31. The lowest BCUT2D eigenvalue weighted by molar-refractivity contribution is 0.0623. The maximum atomic E-state index is 12.7. The van der Waals surface area contributed by atoms with Gasteiger partial charge in [-0.1, -0.05) is 12.1 Å². The van der Waals surface area contributed by atoms with Gasteiger partial charge in [-0.15, -0.1) is 0 Å². The van der Waals surface area contributed by atoms with Gasteiger partial charge in [0, 0.05) is 32.7 Å². The summed E-state index contributed by atoms with van der Waals surface area (Å²) in [7, 11) is 0. The average Bonchev–Trinajstić information content (AvgIpc) is 3.14. The second kappa shape index (κ2) is 6.67. The van der Waals surface area contributed by atoms with Crippen LogP contribution in [0.15, 0.2) is 47.3 Å². The van der Waals surface area contributed by atoms with Gasteiger partial charge in [-0.2, -0.15) is 11.3 Å². The Balaban J connectivity index is 1.41. The van der Waals surface area contributed by atoms with Crippen LogP contribution >= 0.6 is 11.3 Å². The molecule has 2 aromatic heterocycles. The van der Waals surface area contributed by atoms with Gasteiger partial charge in [-0.25, -0.2) is 4.98 Å². The van der Waals surface area contributed by atoms with E-state index in [0.717, 1.165) is 43.8 Å². The summed E-state index contributed by atoms with van der Waals surface area (Å²) in [5.41, 5.74) is 3.36. The highest BCUT2D eigenvalue weighted by Gasteiger charge is 2.23. The molecule has 1 fully saturated rings. The monoisotopic (exact) mass is 338 g/mol. The van der Waals surface area contributed by atoms with Gasteiger partial charge < -0.3 is 4.90 Å². The molecule has 4 rings (SSSR count). The number of benzene rings is 1. The minimum absolute atomic E-state index is 0.0246. The Morgan fingerprint density at radius 1 is 1.08 bits per heavy atom. The van der Waals surface area contributed by atoms with Crippen molar-refractivity contribution in [2.45, 2.75) is 6.54 Å². The predicted octanol–water partition coefficient (Wildman–Crippen LogP) is 2.65. The first-order chi connectivity index (χ1) is 11.8. The largest absolute Gasteiger partial charge is 0.335 e. The molecule has 3 aromatic rings. The molecule has 1 amide bonds. The topological polar surface area (TPSA) is 49.3 Å². The number of para-hydroxylation sites is 2. The Labute approximate surface area is 144 Å². The van der Waals surface area contributed by atoms with E-state index in [-0.39, 0.29) is 5.91 Å². The van der Waals surface area contributed by atoms with Crippen LogP contribution in [0.25, 0.3) is 11.0 Å². The molecule has 24 heavy (non-hydrogen) atoms. The summed E-state index contributed by atoms with van der Waals surface area (Å²) in [6, 6.07) is 9.78. The lowest BCUT2D eigenvalue weighted by atomic mass is 10.2. The number of hydrogen-bond donors (Lipinski definition) is 0. The van der Waals surface area contributed by atoms with Gasteiger partial charge in [0.2, 0.25) is 0 Å². The summed E-state index contributed by atoms with van der Waals surface area (Å²) in [4.78, 5) is 25.7. The molecule has 1 aliphatic rings. The number of rotatable bonds is 3. The molecule has 5 nitrogen and oxygen atoms in total. The second-order valence-electron chi connectivity index (χ2n) is 5.94. The van der Waals surface area contributed by atoms with Crippen LogP contribution in [-0.4, -0.2) is 51.9 Å². The van der Waals surface area contributed by atoms with E-state index in [9.17, 15) is 4.79 Å². The van der Waals surface area contributed by atoms with Crippen molar-refractivity contribution >= 4 is 28.3 Å². The molecular formula is C18H18N4OS. The Kier molecular flexibility index (Phi) is 4.23. The second-order valence-corrected chi connectivity index (χ2v) is 6.72. The molecule has 0 aliphatic carbocycles. The zero-order chi connectivity index (χ0) is 16.4. The summed E-state index contributed by atoms with van der Waals surface area (Å²) in [5, 5.41) is 4.29. The molecule has 0 unspecified atom stereocenters. The highest BCUT2D eigenvalue weighted by Crippen LogP contribution is 2.14. The van der Waals surface area contributed by atoms with Crippen molar-refractivity contribution in [3.63, 3.8) is 0 Å². The van der Waals surface area contributed by atoms with E-state index in [4.69, 9.17) is 0 Å². The summed E-state index contributed by atoms with van der Waals surface area (Å²) >= 11 is 1.73. The molecule has 0 saturated carbocycles. The van der Waals surface area contributed by atoms with Crippen LogP contribution in [0.4, 0.5) is 0 Å². The minimum Gasteiger partial charge on any atom is -0.335 e. The third-order valence-corrected chi connectivity index (χ3v) is 5.05. The van der Waals surface area contributed by atoms with Gasteiger partial charge >= 0.3 is 0 Å². The van der Waals surface area contributed by atoms with Gasteiger partial charge in [-0.05, 0) is 34.5 Å². The molecule has 0 spiro atoms. The van der Waals surface area contributed by atoms with Gasteiger partial charge in [0.15, 0.2) is 0 Å². The molecule has 0 atom stereocenters. The van der Waals surface area contributed by atoms with E-state index in [1.54, 1.807) is 17.5 Å². The van der Waals surface area contributed by atoms with Gasteiger partial charge in [0.25, 0.3) is 5.91 Å². The molecule has 0 radical (unpaired) electrons. The SMILES string of the molecule is O=C(c1cnc2ccccc2n1)N1CCN(Cc2ccsc2)CC1. The Morgan fingerprint density at radius 3 is 2.62 bits per heavy atom. The first-order valence-corrected chi connectivity index (χ1v) is 8.98. The average molecular weight is 338 g/mol. The smallest absolute Gasteiger partial charge is 0.274 e. The molecule has 1 aromatic carbocycles. The number of carbonyl (C=O) groups excluding carboxylic acids is 1. The normalized spacial score (nSPS) is 15.8. The molecule has 0 bridgehead atoms. The van der Waals surface area contributed by atoms with E-state index in [2.05, 4.69) is 31.7 Å². The molecule has 6 heteroatoms. The standard InChI is InChI=1S/C18H18N4OS/c23-18(17-11-19-15-3-1-2-4-16(15)20-17)22-8-6-21(7-9-22)12-14-5-10-24-13-14/h1-5,10-11,13H,6-9,12H2. The quantitative estimate of drug-likeness (QED) is 0.737. The summed E-state index contributed by atoms with van der Waals surface area (Å²) < 4.78 is 0. The van der Waals surface area contributed by atoms with Crippen molar-refractivity contribution in [1.82, 2.24) is 19.8 Å². The number of amides is 1. The van der Waals surface area contributed by atoms with Crippen molar-refractivity contribution < 1.29 is 4.79 Å². The third kappa shape index (κ3) is 3.16. The highest BCUT2D eigenvalue weighted by atomic mass is 32.1. The molecule has 1 aliphatic heterocycles. The number of carbonyl (C=O) groups is 1. The van der Waals surface area contributed by atoms with E-state index < -0.39 is 0 Å². The fourth-order valence-corrected chi connectivity index (χ4v) is 3.63. The first-order valence-electron chi connectivity index (χ1n) is 8.04. The molecule has 1 saturated heterocycles. The van der Waals surface area contributed by atoms with E-state index in [0.29, 0.717) is 5.69 Å². The van der Waals surface area contributed by atoms with E-state index in [1.165, 1.54) is 5.56 Å². The van der Waals surface area contributed by atoms with Gasteiger partial charge in [-0.3, -0.25) is 14.7 Å². The fraction of sp³-hybridized carbons (Fsp3) is 0.278. The zero-order valence-corrected chi connectivity index (χ0v) is 14.1. The summed E-state index contributed by atoms with van der Waals surface area (Å²) in [5.74, 6) is -0.0246. The van der Waals surface area contributed by atoms with Crippen molar-refractivity contribution in [3.05, 3.63) is 58.5 Å². The van der Waals surface area contributed by atoms with Crippen molar-refractivity contribution in [2.75, 3.05) is 26.2 Å². The zero-order valence-electron chi connectivity index (χ0n) is 13.3. The lowest BCUT2D eigenvalue weighted by Gasteiger charge is -2.34. The maximum absolute atomic E-state index is 12.7. The number of piperazine rings is 1. The van der Waals surface area contributed by atoms with Crippen LogP contribution in [0.2, 0.25) is 0 Å². The maximum Gasteiger partial charge on any atom is 0.274 e. The Morgan fingerprint density at radius 2 is 1.88 bits per heavy atom. The summed E-state index contributed by atoms with van der Waals surface area (Å²) in [6.07, 6.45) is 1.59. The summed E-state index contributed by atoms with van der Waals surface area (Å²) in [6.45, 7) is 4.21. The van der Waals surface area contributed by atoms with Crippen LogP contribution in [0.5, 0.6) is 0 Å². The molecular weight excluding hydrogens is 320 g/mol. The lowest BCUT2D eigenvalue weighted by Crippen LogP contribution is -2.48. The van der Waals surface area contributed by atoms with Crippen molar-refractivity contribution in [1.29, 1.82) is 0 Å². The van der Waals surface area contributed by atoms with Crippen molar-refractivity contribution in [2.24, 2.45) is 0 Å². The Bertz CT molecular complexity index is 841. The number of hydrogen-bond acceptors (Lipinski definition) is 5. The van der Waals surface area contributed by atoms with Crippen LogP contribution in [-0.2, 0) is 6.54 Å². The number of nitrogens with zero attached hydrogens (tertiary/aromatic N) is 4. The molecule has 0 N–H and O–H groups in total. The molecule has 122 valence electrons. The number of fused-ring (bicyclic) bond motifs is 1. The fourth-order valence-electron chi connectivity index (χ4n) is 2.97. The third-order valence-electron chi connectivity index (χ3n) is 4.31.